The number of aromatic amines is 1. The van der Waals surface area contributed by atoms with Gasteiger partial charge < -0.3 is 25.4 Å². The van der Waals surface area contributed by atoms with Gasteiger partial charge in [-0.15, -0.1) is 0 Å². The first-order chi connectivity index (χ1) is 15.6. The summed E-state index contributed by atoms with van der Waals surface area (Å²) in [4.78, 5) is 17.1. The number of halogens is 1. The molecule has 2 aromatic carbocycles. The maximum absolute atomic E-state index is 6.29. The van der Waals surface area contributed by atoms with Gasteiger partial charge in [0.1, 0.15) is 5.82 Å². The number of rotatable bonds is 5. The maximum atomic E-state index is 6.29. The Labute approximate surface area is 192 Å². The first kappa shape index (κ1) is 20.6. The molecule has 1 aliphatic heterocycles. The van der Waals surface area contributed by atoms with E-state index in [2.05, 4.69) is 61.7 Å². The number of H-pyrrole nitrogens is 1. The molecule has 2 aromatic heterocycles. The molecule has 0 unspecified atom stereocenters. The van der Waals surface area contributed by atoms with E-state index in [1.807, 2.05) is 37.5 Å². The van der Waals surface area contributed by atoms with Crippen molar-refractivity contribution in [2.75, 3.05) is 48.8 Å². The zero-order valence-corrected chi connectivity index (χ0v) is 18.9. The van der Waals surface area contributed by atoms with Crippen molar-refractivity contribution in [2.45, 2.75) is 6.92 Å². The molecule has 164 valence electrons. The SMILES string of the molecule is Cc1cnc(Nc2ccc(N3CCN(C)CC3)cc2)nc1Nc1ccc(Cl)c2[nH]ccc12. The van der Waals surface area contributed by atoms with Crippen molar-refractivity contribution in [3.05, 3.63) is 65.4 Å². The second kappa shape index (κ2) is 8.68. The third kappa shape index (κ3) is 4.22. The molecule has 0 spiro atoms. The first-order valence-electron chi connectivity index (χ1n) is 10.7. The second-order valence-corrected chi connectivity index (χ2v) is 8.58. The van der Waals surface area contributed by atoms with Gasteiger partial charge in [-0.05, 0) is 56.4 Å². The number of hydrogen-bond donors (Lipinski definition) is 3. The van der Waals surface area contributed by atoms with Crippen molar-refractivity contribution in [3.63, 3.8) is 0 Å². The average molecular weight is 448 g/mol. The van der Waals surface area contributed by atoms with E-state index in [1.54, 1.807) is 0 Å². The summed E-state index contributed by atoms with van der Waals surface area (Å²) in [6.07, 6.45) is 3.70. The number of likely N-dealkylation sites (N-methyl/N-ethyl adjacent to an activating group) is 1. The molecule has 1 aliphatic rings. The van der Waals surface area contributed by atoms with E-state index in [9.17, 15) is 0 Å². The van der Waals surface area contributed by atoms with Crippen LogP contribution in [0.5, 0.6) is 0 Å². The highest BCUT2D eigenvalue weighted by atomic mass is 35.5. The molecule has 32 heavy (non-hydrogen) atoms. The Bertz CT molecular complexity index is 1230. The molecule has 0 radical (unpaired) electrons. The van der Waals surface area contributed by atoms with Crippen molar-refractivity contribution in [3.8, 4) is 0 Å². The third-order valence-electron chi connectivity index (χ3n) is 5.89. The minimum Gasteiger partial charge on any atom is -0.369 e. The van der Waals surface area contributed by atoms with Crippen LogP contribution < -0.4 is 15.5 Å². The van der Waals surface area contributed by atoms with Gasteiger partial charge in [-0.3, -0.25) is 0 Å². The topological polar surface area (TPSA) is 72.1 Å². The number of aryl methyl sites for hydroxylation is 1. The van der Waals surface area contributed by atoms with Crippen molar-refractivity contribution < 1.29 is 0 Å². The molecule has 0 bridgehead atoms. The number of hydrogen-bond acceptors (Lipinski definition) is 6. The molecule has 0 saturated carbocycles. The summed E-state index contributed by atoms with van der Waals surface area (Å²) in [6.45, 7) is 6.28. The largest absolute Gasteiger partial charge is 0.369 e. The lowest BCUT2D eigenvalue weighted by Crippen LogP contribution is -2.44. The van der Waals surface area contributed by atoms with Crippen molar-refractivity contribution >= 4 is 51.3 Å². The van der Waals surface area contributed by atoms with Gasteiger partial charge in [0.2, 0.25) is 5.95 Å². The summed E-state index contributed by atoms with van der Waals surface area (Å²) in [5, 5.41) is 8.46. The highest BCUT2D eigenvalue weighted by molar-refractivity contribution is 6.35. The number of anilines is 5. The van der Waals surface area contributed by atoms with Gasteiger partial charge in [-0.2, -0.15) is 4.98 Å². The molecule has 5 rings (SSSR count). The van der Waals surface area contributed by atoms with E-state index in [4.69, 9.17) is 16.6 Å². The van der Waals surface area contributed by atoms with E-state index in [-0.39, 0.29) is 0 Å². The van der Waals surface area contributed by atoms with Gasteiger partial charge in [0, 0.05) is 66.6 Å². The molecule has 1 saturated heterocycles. The Morgan fingerprint density at radius 1 is 0.969 bits per heavy atom. The minimum absolute atomic E-state index is 0.546. The van der Waals surface area contributed by atoms with Crippen molar-refractivity contribution in [2.24, 2.45) is 0 Å². The number of aromatic nitrogens is 3. The van der Waals surface area contributed by atoms with Crippen molar-refractivity contribution in [1.82, 2.24) is 19.9 Å². The molecular formula is C24H26ClN7. The fraction of sp³-hybridized carbons (Fsp3) is 0.250. The smallest absolute Gasteiger partial charge is 0.229 e. The molecule has 3 heterocycles. The maximum Gasteiger partial charge on any atom is 0.229 e. The Morgan fingerprint density at radius 3 is 2.53 bits per heavy atom. The van der Waals surface area contributed by atoms with E-state index >= 15 is 0 Å². The molecule has 0 amide bonds. The normalized spacial score (nSPS) is 14.7. The predicted molar refractivity (Wildman–Crippen MR) is 133 cm³/mol. The number of benzene rings is 2. The lowest BCUT2D eigenvalue weighted by atomic mass is 10.2. The summed E-state index contributed by atoms with van der Waals surface area (Å²) < 4.78 is 0. The van der Waals surface area contributed by atoms with Crippen LogP contribution in [-0.4, -0.2) is 53.1 Å². The highest BCUT2D eigenvalue weighted by Crippen LogP contribution is 2.31. The summed E-state index contributed by atoms with van der Waals surface area (Å²) in [6, 6.07) is 14.3. The lowest BCUT2D eigenvalue weighted by Gasteiger charge is -2.34. The number of piperazine rings is 1. The van der Waals surface area contributed by atoms with Gasteiger partial charge in [0.15, 0.2) is 0 Å². The van der Waals surface area contributed by atoms with Crippen LogP contribution in [0.3, 0.4) is 0 Å². The summed E-state index contributed by atoms with van der Waals surface area (Å²) in [5.41, 5.74) is 5.00. The molecule has 7 nitrogen and oxygen atoms in total. The van der Waals surface area contributed by atoms with Crippen LogP contribution in [0.1, 0.15) is 5.56 Å². The highest BCUT2D eigenvalue weighted by Gasteiger charge is 2.14. The Kier molecular flexibility index (Phi) is 5.59. The Hall–Kier alpha value is -3.29. The van der Waals surface area contributed by atoms with Crippen LogP contribution in [0.4, 0.5) is 28.8 Å². The Balaban J connectivity index is 1.32. The first-order valence-corrected chi connectivity index (χ1v) is 11.1. The van der Waals surface area contributed by atoms with Gasteiger partial charge in [-0.1, -0.05) is 11.6 Å². The zero-order valence-electron chi connectivity index (χ0n) is 18.2. The summed E-state index contributed by atoms with van der Waals surface area (Å²) in [7, 11) is 2.17. The van der Waals surface area contributed by atoms with Crippen molar-refractivity contribution in [1.29, 1.82) is 0 Å². The molecule has 8 heteroatoms. The van der Waals surface area contributed by atoms with Crippen LogP contribution >= 0.6 is 11.6 Å². The van der Waals surface area contributed by atoms with Gasteiger partial charge >= 0.3 is 0 Å². The summed E-state index contributed by atoms with van der Waals surface area (Å²) in [5.74, 6) is 1.30. The fourth-order valence-corrected chi connectivity index (χ4v) is 4.16. The molecule has 3 N–H and O–H groups in total. The predicted octanol–water partition coefficient (Wildman–Crippen LogP) is 5.16. The molecule has 1 fully saturated rings. The van der Waals surface area contributed by atoms with Crippen LogP contribution in [0.2, 0.25) is 5.02 Å². The van der Waals surface area contributed by atoms with Gasteiger partial charge in [-0.25, -0.2) is 4.98 Å². The van der Waals surface area contributed by atoms with E-state index in [1.165, 1.54) is 5.69 Å². The monoisotopic (exact) mass is 447 g/mol. The molecule has 0 atom stereocenters. The van der Waals surface area contributed by atoms with Crippen LogP contribution in [-0.2, 0) is 0 Å². The van der Waals surface area contributed by atoms with Gasteiger partial charge in [0.25, 0.3) is 0 Å². The minimum atomic E-state index is 0.546. The Morgan fingerprint density at radius 2 is 1.75 bits per heavy atom. The quantitative estimate of drug-likeness (QED) is 0.392. The number of fused-ring (bicyclic) bond motifs is 1. The standard InChI is InChI=1S/C24H26ClN7/c1-16-15-27-24(28-17-3-5-18(6-4-17)32-13-11-31(2)12-14-32)30-23(16)29-21-8-7-20(25)22-19(21)9-10-26-22/h3-10,15,26H,11-14H2,1-2H3,(H2,27,28,29,30). The molecule has 0 aliphatic carbocycles. The van der Waals surface area contributed by atoms with Crippen LogP contribution in [0.15, 0.2) is 54.9 Å². The molecule has 4 aromatic rings. The lowest BCUT2D eigenvalue weighted by molar-refractivity contribution is 0.313. The second-order valence-electron chi connectivity index (χ2n) is 8.17. The van der Waals surface area contributed by atoms with Crippen LogP contribution in [0, 0.1) is 6.92 Å². The van der Waals surface area contributed by atoms with E-state index < -0.39 is 0 Å². The number of nitrogens with zero attached hydrogens (tertiary/aromatic N) is 4. The number of nitrogens with one attached hydrogen (secondary N) is 3. The van der Waals surface area contributed by atoms with E-state index in [0.29, 0.717) is 11.0 Å². The van der Waals surface area contributed by atoms with E-state index in [0.717, 1.165) is 59.8 Å². The third-order valence-corrected chi connectivity index (χ3v) is 6.20. The van der Waals surface area contributed by atoms with Gasteiger partial charge in [0.05, 0.1) is 10.5 Å². The summed E-state index contributed by atoms with van der Waals surface area (Å²) >= 11 is 6.29. The zero-order chi connectivity index (χ0) is 22.1. The fourth-order valence-electron chi connectivity index (χ4n) is 3.94. The molecular weight excluding hydrogens is 422 g/mol. The van der Waals surface area contributed by atoms with Crippen LogP contribution in [0.25, 0.3) is 10.9 Å². The average Bonchev–Trinajstić information content (AvgIpc) is 3.30.